The average molecular weight is 205 g/mol. The van der Waals surface area contributed by atoms with E-state index in [-0.39, 0.29) is 12.3 Å². The van der Waals surface area contributed by atoms with E-state index in [1.807, 2.05) is 18.2 Å². The fourth-order valence-corrected chi connectivity index (χ4v) is 2.22. The van der Waals surface area contributed by atoms with Crippen molar-refractivity contribution >= 4 is 5.97 Å². The van der Waals surface area contributed by atoms with Crippen LogP contribution in [0.3, 0.4) is 0 Å². The zero-order valence-electron chi connectivity index (χ0n) is 8.66. The maximum Gasteiger partial charge on any atom is 0.119 e. The third-order valence-electron chi connectivity index (χ3n) is 2.97. The van der Waals surface area contributed by atoms with Gasteiger partial charge >= 0.3 is 0 Å². The van der Waals surface area contributed by atoms with Gasteiger partial charge in [-0.15, -0.1) is 0 Å². The number of aliphatic carboxylic acids is 1. The molecule has 3 heteroatoms. The molecule has 2 rings (SSSR count). The number of methoxy groups -OCH3 is 1. The van der Waals surface area contributed by atoms with Crippen LogP contribution in [0.2, 0.25) is 0 Å². The topological polar surface area (TPSA) is 49.4 Å². The Kier molecular flexibility index (Phi) is 2.62. The monoisotopic (exact) mass is 205 g/mol. The summed E-state index contributed by atoms with van der Waals surface area (Å²) in [6, 6.07) is 5.84. The number of hydrogen-bond acceptors (Lipinski definition) is 3. The molecule has 3 nitrogen and oxygen atoms in total. The quantitative estimate of drug-likeness (QED) is 0.735. The van der Waals surface area contributed by atoms with E-state index in [0.29, 0.717) is 0 Å². The predicted octanol–water partition coefficient (Wildman–Crippen LogP) is 0.865. The first-order chi connectivity index (χ1) is 7.20. The maximum absolute atomic E-state index is 10.6. The maximum atomic E-state index is 10.6. The van der Waals surface area contributed by atoms with Gasteiger partial charge in [0.25, 0.3) is 0 Å². The highest BCUT2D eigenvalue weighted by Gasteiger charge is 2.22. The molecule has 0 aliphatic heterocycles. The molecule has 80 valence electrons. The average Bonchev–Trinajstić information content (AvgIpc) is 2.60. The van der Waals surface area contributed by atoms with Gasteiger partial charge in [-0.25, -0.2) is 0 Å². The van der Waals surface area contributed by atoms with Crippen molar-refractivity contribution in [1.29, 1.82) is 0 Å². The van der Waals surface area contributed by atoms with Crippen LogP contribution in [0, 0.1) is 0 Å². The summed E-state index contributed by atoms with van der Waals surface area (Å²) in [6.45, 7) is 0. The van der Waals surface area contributed by atoms with Crippen molar-refractivity contribution in [3.63, 3.8) is 0 Å². The Balaban J connectivity index is 2.24. The SMILES string of the molecule is COc1ccc2c(c1)CCC2CC(=O)[O-]. The first-order valence-electron chi connectivity index (χ1n) is 5.07. The number of carbonyl (C=O) groups is 1. The zero-order chi connectivity index (χ0) is 10.8. The van der Waals surface area contributed by atoms with Crippen LogP contribution in [0.25, 0.3) is 0 Å². The van der Waals surface area contributed by atoms with Crippen molar-refractivity contribution in [2.45, 2.75) is 25.2 Å². The van der Waals surface area contributed by atoms with E-state index in [1.54, 1.807) is 7.11 Å². The second kappa shape index (κ2) is 3.93. The number of ether oxygens (including phenoxy) is 1. The Morgan fingerprint density at radius 3 is 3.07 bits per heavy atom. The number of hydrogen-bond donors (Lipinski definition) is 0. The molecular weight excluding hydrogens is 192 g/mol. The van der Waals surface area contributed by atoms with E-state index >= 15 is 0 Å². The fourth-order valence-electron chi connectivity index (χ4n) is 2.22. The van der Waals surface area contributed by atoms with Crippen LogP contribution in [0.1, 0.15) is 29.9 Å². The highest BCUT2D eigenvalue weighted by Crippen LogP contribution is 2.36. The van der Waals surface area contributed by atoms with Crippen LogP contribution >= 0.6 is 0 Å². The molecule has 1 aromatic carbocycles. The lowest BCUT2D eigenvalue weighted by Crippen LogP contribution is -2.23. The van der Waals surface area contributed by atoms with E-state index in [0.717, 1.165) is 24.2 Å². The van der Waals surface area contributed by atoms with E-state index in [1.165, 1.54) is 5.56 Å². The molecule has 0 spiro atoms. The Labute approximate surface area is 88.7 Å². The normalized spacial score (nSPS) is 18.6. The zero-order valence-corrected chi connectivity index (χ0v) is 8.66. The Morgan fingerprint density at radius 1 is 1.60 bits per heavy atom. The molecule has 1 atom stereocenters. The van der Waals surface area contributed by atoms with Gasteiger partial charge in [-0.1, -0.05) is 6.07 Å². The molecule has 15 heavy (non-hydrogen) atoms. The molecule has 0 amide bonds. The van der Waals surface area contributed by atoms with Crippen LogP contribution in [0.4, 0.5) is 0 Å². The second-order valence-corrected chi connectivity index (χ2v) is 3.88. The number of fused-ring (bicyclic) bond motifs is 1. The Bertz CT molecular complexity index is 384. The standard InChI is InChI=1S/C12H14O3/c1-15-10-4-5-11-8(6-10)2-3-9(11)7-12(13)14/h4-6,9H,2-3,7H2,1H3,(H,13,14)/p-1. The second-order valence-electron chi connectivity index (χ2n) is 3.88. The number of rotatable bonds is 3. The summed E-state index contributed by atoms with van der Waals surface area (Å²) in [5, 5.41) is 10.6. The Hall–Kier alpha value is -1.51. The van der Waals surface area contributed by atoms with Crippen molar-refractivity contribution < 1.29 is 14.6 Å². The van der Waals surface area contributed by atoms with Gasteiger partial charge in [0.15, 0.2) is 0 Å². The van der Waals surface area contributed by atoms with E-state index in [2.05, 4.69) is 0 Å². The molecule has 1 aromatic rings. The van der Waals surface area contributed by atoms with Gasteiger partial charge in [-0.3, -0.25) is 0 Å². The van der Waals surface area contributed by atoms with Gasteiger partial charge < -0.3 is 14.6 Å². The summed E-state index contributed by atoms with van der Waals surface area (Å²) in [4.78, 5) is 10.6. The predicted molar refractivity (Wildman–Crippen MR) is 53.7 cm³/mol. The van der Waals surface area contributed by atoms with Crippen LogP contribution in [0.5, 0.6) is 5.75 Å². The molecule has 0 radical (unpaired) electrons. The lowest BCUT2D eigenvalue weighted by molar-refractivity contribution is -0.306. The van der Waals surface area contributed by atoms with E-state index < -0.39 is 5.97 Å². The van der Waals surface area contributed by atoms with Gasteiger partial charge in [0.1, 0.15) is 5.75 Å². The van der Waals surface area contributed by atoms with Crippen molar-refractivity contribution in [2.75, 3.05) is 7.11 Å². The lowest BCUT2D eigenvalue weighted by atomic mass is 9.98. The number of benzene rings is 1. The summed E-state index contributed by atoms with van der Waals surface area (Å²) in [7, 11) is 1.63. The van der Waals surface area contributed by atoms with Gasteiger partial charge in [0, 0.05) is 5.97 Å². The Morgan fingerprint density at radius 2 is 2.40 bits per heavy atom. The third kappa shape index (κ3) is 1.96. The first-order valence-corrected chi connectivity index (χ1v) is 5.07. The minimum atomic E-state index is -0.969. The molecular formula is C12H13O3-. The summed E-state index contributed by atoms with van der Waals surface area (Å²) < 4.78 is 5.13. The molecule has 0 N–H and O–H groups in total. The number of carboxylic acid groups (broad SMARTS) is 1. The largest absolute Gasteiger partial charge is 0.550 e. The van der Waals surface area contributed by atoms with E-state index in [4.69, 9.17) is 4.74 Å². The first kappa shape index (κ1) is 10.0. The summed E-state index contributed by atoms with van der Waals surface area (Å²) in [5.74, 6) is -0.0116. The highest BCUT2D eigenvalue weighted by atomic mass is 16.5. The summed E-state index contributed by atoms with van der Waals surface area (Å²) in [5.41, 5.74) is 2.35. The van der Waals surface area contributed by atoms with Gasteiger partial charge in [-0.05, 0) is 48.4 Å². The minimum absolute atomic E-state index is 0.121. The molecule has 1 aliphatic carbocycles. The number of aryl methyl sites for hydroxylation is 1. The summed E-state index contributed by atoms with van der Waals surface area (Å²) in [6.07, 6.45) is 1.96. The lowest BCUT2D eigenvalue weighted by Gasteiger charge is -2.12. The van der Waals surface area contributed by atoms with Crippen LogP contribution in [-0.2, 0) is 11.2 Å². The van der Waals surface area contributed by atoms with Crippen LogP contribution < -0.4 is 9.84 Å². The highest BCUT2D eigenvalue weighted by molar-refractivity contribution is 5.66. The van der Waals surface area contributed by atoms with Crippen molar-refractivity contribution in [3.05, 3.63) is 29.3 Å². The van der Waals surface area contributed by atoms with Crippen LogP contribution in [0.15, 0.2) is 18.2 Å². The van der Waals surface area contributed by atoms with E-state index in [9.17, 15) is 9.90 Å². The molecule has 0 heterocycles. The van der Waals surface area contributed by atoms with Crippen molar-refractivity contribution in [2.24, 2.45) is 0 Å². The molecule has 0 aromatic heterocycles. The smallest absolute Gasteiger partial charge is 0.119 e. The van der Waals surface area contributed by atoms with Gasteiger partial charge in [-0.2, -0.15) is 0 Å². The molecule has 0 saturated heterocycles. The molecule has 1 aliphatic rings. The third-order valence-corrected chi connectivity index (χ3v) is 2.97. The number of carboxylic acids is 1. The van der Waals surface area contributed by atoms with Crippen molar-refractivity contribution in [3.8, 4) is 5.75 Å². The summed E-state index contributed by atoms with van der Waals surface area (Å²) >= 11 is 0. The number of carbonyl (C=O) groups excluding carboxylic acids is 1. The van der Waals surface area contributed by atoms with Crippen molar-refractivity contribution in [1.82, 2.24) is 0 Å². The van der Waals surface area contributed by atoms with Gasteiger partial charge in [0.2, 0.25) is 0 Å². The molecule has 0 saturated carbocycles. The minimum Gasteiger partial charge on any atom is -0.550 e. The molecule has 1 unspecified atom stereocenters. The van der Waals surface area contributed by atoms with Crippen LogP contribution in [-0.4, -0.2) is 13.1 Å². The molecule has 0 fully saturated rings. The van der Waals surface area contributed by atoms with Gasteiger partial charge in [0.05, 0.1) is 7.11 Å². The molecule has 0 bridgehead atoms. The fraction of sp³-hybridized carbons (Fsp3) is 0.417.